The largest absolute Gasteiger partial charge is 0.449 e. The fraction of sp³-hybridized carbons (Fsp3) is 0.318. The number of fused-ring (bicyclic) bond motifs is 1. The van der Waals surface area contributed by atoms with E-state index in [0.29, 0.717) is 12.1 Å². The van der Waals surface area contributed by atoms with E-state index in [1.165, 1.54) is 17.2 Å². The first-order chi connectivity index (χ1) is 16.5. The third-order valence-electron chi connectivity index (χ3n) is 5.65. The molecule has 35 heavy (non-hydrogen) atoms. The summed E-state index contributed by atoms with van der Waals surface area (Å²) < 4.78 is 96.3. The van der Waals surface area contributed by atoms with Gasteiger partial charge in [0.1, 0.15) is 5.82 Å². The smallest absolute Gasteiger partial charge is 0.335 e. The van der Waals surface area contributed by atoms with Gasteiger partial charge in [0.15, 0.2) is 17.5 Å². The Morgan fingerprint density at radius 3 is 2.46 bits per heavy atom. The van der Waals surface area contributed by atoms with Gasteiger partial charge in [-0.1, -0.05) is 0 Å². The average molecular weight is 501 g/mol. The number of nitrogens with two attached hydrogens (primary N) is 1. The summed E-state index contributed by atoms with van der Waals surface area (Å²) in [6.07, 6.45) is -3.36. The molecule has 0 fully saturated rings. The number of hydrogen-bond donors (Lipinski definition) is 1. The van der Waals surface area contributed by atoms with E-state index in [1.54, 1.807) is 0 Å². The van der Waals surface area contributed by atoms with Crippen molar-refractivity contribution in [2.45, 2.75) is 38.1 Å². The molecule has 0 saturated heterocycles. The van der Waals surface area contributed by atoms with E-state index in [1.807, 2.05) is 0 Å². The Morgan fingerprint density at radius 1 is 1.06 bits per heavy atom. The van der Waals surface area contributed by atoms with E-state index in [2.05, 4.69) is 9.97 Å². The Balaban J connectivity index is 1.55. The Hall–Kier alpha value is -3.48. The number of carbonyl (C=O) groups excluding carboxylic acids is 1. The van der Waals surface area contributed by atoms with Gasteiger partial charge in [0.25, 0.3) is 0 Å². The van der Waals surface area contributed by atoms with Gasteiger partial charge in [-0.3, -0.25) is 9.78 Å². The van der Waals surface area contributed by atoms with Crippen molar-refractivity contribution in [3.05, 3.63) is 70.9 Å². The standard InChI is InChI=1S/C22H18F7N5O/c23-14-8-16(25)15(24)6-11(14)5-12(30)7-19(35)33-3-4-34-18(10-33)20(32-21(34)22(27,28)29)13-1-2-31-9-17(13)26/h1-2,6,8-9,12H,3-5,7,10,30H2. The van der Waals surface area contributed by atoms with Gasteiger partial charge in [0.2, 0.25) is 11.7 Å². The lowest BCUT2D eigenvalue weighted by atomic mass is 10.0. The third-order valence-corrected chi connectivity index (χ3v) is 5.65. The van der Waals surface area contributed by atoms with Gasteiger partial charge < -0.3 is 15.2 Å². The number of alkyl halides is 3. The van der Waals surface area contributed by atoms with Crippen LogP contribution in [0, 0.1) is 23.3 Å². The van der Waals surface area contributed by atoms with Gasteiger partial charge in [-0.2, -0.15) is 13.2 Å². The molecule has 1 aliphatic rings. The molecule has 1 amide bonds. The lowest BCUT2D eigenvalue weighted by Gasteiger charge is -2.30. The highest BCUT2D eigenvalue weighted by atomic mass is 19.4. The van der Waals surface area contributed by atoms with Crippen LogP contribution in [0.25, 0.3) is 11.3 Å². The molecule has 2 N–H and O–H groups in total. The number of halogens is 7. The van der Waals surface area contributed by atoms with Crippen molar-refractivity contribution in [3.63, 3.8) is 0 Å². The molecule has 13 heteroatoms. The molecule has 0 saturated carbocycles. The zero-order valence-corrected chi connectivity index (χ0v) is 17.9. The minimum Gasteiger partial charge on any atom is -0.335 e. The van der Waals surface area contributed by atoms with Gasteiger partial charge >= 0.3 is 6.18 Å². The molecule has 0 spiro atoms. The van der Waals surface area contributed by atoms with Crippen LogP contribution in [0.4, 0.5) is 30.7 Å². The summed E-state index contributed by atoms with van der Waals surface area (Å²) in [6, 6.07) is 1.24. The van der Waals surface area contributed by atoms with Crippen molar-refractivity contribution < 1.29 is 35.5 Å². The number of imidazole rings is 1. The normalized spacial score (nSPS) is 14.7. The highest BCUT2D eigenvalue weighted by Crippen LogP contribution is 2.36. The first-order valence-electron chi connectivity index (χ1n) is 10.4. The van der Waals surface area contributed by atoms with Crippen molar-refractivity contribution >= 4 is 5.91 Å². The molecule has 3 heterocycles. The number of rotatable bonds is 5. The maximum Gasteiger partial charge on any atom is 0.449 e. The fourth-order valence-corrected chi connectivity index (χ4v) is 4.01. The summed E-state index contributed by atoms with van der Waals surface area (Å²) in [5.41, 5.74) is 5.23. The number of nitrogens with zero attached hydrogens (tertiary/aromatic N) is 4. The van der Waals surface area contributed by atoms with Crippen LogP contribution in [0.15, 0.2) is 30.6 Å². The van der Waals surface area contributed by atoms with E-state index >= 15 is 0 Å². The molecule has 6 nitrogen and oxygen atoms in total. The Bertz CT molecular complexity index is 1270. The fourth-order valence-electron chi connectivity index (χ4n) is 4.01. The van der Waals surface area contributed by atoms with Crippen molar-refractivity contribution in [3.8, 4) is 11.3 Å². The lowest BCUT2D eigenvalue weighted by molar-refractivity contribution is -0.148. The molecule has 1 atom stereocenters. The van der Waals surface area contributed by atoms with Crippen LogP contribution >= 0.6 is 0 Å². The van der Waals surface area contributed by atoms with Crippen molar-refractivity contribution in [1.29, 1.82) is 0 Å². The Labute approximate surface area is 194 Å². The SMILES string of the molecule is NC(CC(=O)N1CCn2c(C(F)(F)F)nc(-c3ccncc3F)c2C1)Cc1cc(F)c(F)cc1F. The summed E-state index contributed by atoms with van der Waals surface area (Å²) in [5.74, 6) is -6.28. The first kappa shape index (κ1) is 24.6. The lowest BCUT2D eigenvalue weighted by Crippen LogP contribution is -2.42. The zero-order chi connectivity index (χ0) is 25.5. The molecule has 0 radical (unpaired) electrons. The first-order valence-corrected chi connectivity index (χ1v) is 10.4. The van der Waals surface area contributed by atoms with Crippen molar-refractivity contribution in [1.82, 2.24) is 19.4 Å². The molecule has 1 aliphatic heterocycles. The van der Waals surface area contributed by atoms with Crippen LogP contribution < -0.4 is 5.73 Å². The van der Waals surface area contributed by atoms with E-state index in [0.717, 1.165) is 10.8 Å². The second-order valence-electron chi connectivity index (χ2n) is 8.08. The molecule has 4 rings (SSSR count). The highest BCUT2D eigenvalue weighted by Gasteiger charge is 2.41. The van der Waals surface area contributed by atoms with Crippen LogP contribution in [0.3, 0.4) is 0 Å². The predicted octanol–water partition coefficient (Wildman–Crippen LogP) is 3.82. The molecule has 0 bridgehead atoms. The summed E-state index contributed by atoms with van der Waals surface area (Å²) in [6.45, 7) is -0.649. The van der Waals surface area contributed by atoms with Crippen LogP contribution in [0.1, 0.15) is 23.5 Å². The summed E-state index contributed by atoms with van der Waals surface area (Å²) in [4.78, 5) is 21.3. The third kappa shape index (κ3) is 4.99. The molecule has 1 aromatic carbocycles. The molecule has 0 aliphatic carbocycles. The quantitative estimate of drug-likeness (QED) is 0.426. The molecule has 1 unspecified atom stereocenters. The maximum atomic E-state index is 14.3. The van der Waals surface area contributed by atoms with Crippen LogP contribution in [0.5, 0.6) is 0 Å². The molecular weight excluding hydrogens is 483 g/mol. The van der Waals surface area contributed by atoms with Crippen molar-refractivity contribution in [2.75, 3.05) is 6.54 Å². The monoisotopic (exact) mass is 501 g/mol. The van der Waals surface area contributed by atoms with E-state index in [9.17, 15) is 35.5 Å². The Morgan fingerprint density at radius 2 is 1.77 bits per heavy atom. The van der Waals surface area contributed by atoms with Gasteiger partial charge in [0.05, 0.1) is 24.1 Å². The zero-order valence-electron chi connectivity index (χ0n) is 17.9. The topological polar surface area (TPSA) is 77.0 Å². The van der Waals surface area contributed by atoms with E-state index in [4.69, 9.17) is 5.73 Å². The van der Waals surface area contributed by atoms with Crippen LogP contribution in [0.2, 0.25) is 0 Å². The molecule has 186 valence electrons. The predicted molar refractivity (Wildman–Crippen MR) is 108 cm³/mol. The highest BCUT2D eigenvalue weighted by molar-refractivity contribution is 5.77. The van der Waals surface area contributed by atoms with Gasteiger partial charge in [0, 0.05) is 43.4 Å². The molecule has 2 aromatic heterocycles. The maximum absolute atomic E-state index is 14.3. The van der Waals surface area contributed by atoms with Gasteiger partial charge in [-0.05, 0) is 24.1 Å². The number of amides is 1. The number of carbonyl (C=O) groups is 1. The second kappa shape index (κ2) is 9.29. The van der Waals surface area contributed by atoms with Crippen molar-refractivity contribution in [2.24, 2.45) is 5.73 Å². The second-order valence-corrected chi connectivity index (χ2v) is 8.08. The van der Waals surface area contributed by atoms with Crippen LogP contribution in [-0.2, 0) is 30.5 Å². The molecule has 3 aromatic rings. The number of benzene rings is 1. The summed E-state index contributed by atoms with van der Waals surface area (Å²) >= 11 is 0. The van der Waals surface area contributed by atoms with E-state index in [-0.39, 0.29) is 55.0 Å². The van der Waals surface area contributed by atoms with Crippen LogP contribution in [-0.4, -0.2) is 37.9 Å². The number of aromatic nitrogens is 3. The van der Waals surface area contributed by atoms with Gasteiger partial charge in [-0.15, -0.1) is 0 Å². The molecular formula is C22H18F7N5O. The van der Waals surface area contributed by atoms with Gasteiger partial charge in [-0.25, -0.2) is 22.5 Å². The summed E-state index contributed by atoms with van der Waals surface area (Å²) in [5, 5.41) is 0. The minimum atomic E-state index is -4.81. The Kier molecular flexibility index (Phi) is 6.54. The minimum absolute atomic E-state index is 0.0118. The number of pyridine rings is 1. The summed E-state index contributed by atoms with van der Waals surface area (Å²) in [7, 11) is 0. The average Bonchev–Trinajstić information content (AvgIpc) is 3.17. The van der Waals surface area contributed by atoms with E-state index < -0.39 is 47.2 Å². The number of hydrogen-bond acceptors (Lipinski definition) is 4.